The molecule has 2 aromatic carbocycles. The number of benzene rings is 2. The van der Waals surface area contributed by atoms with Crippen molar-refractivity contribution in [2.75, 3.05) is 0 Å². The van der Waals surface area contributed by atoms with E-state index < -0.39 is 18.1 Å². The number of rotatable bonds is 1. The molecule has 0 atom stereocenters. The van der Waals surface area contributed by atoms with E-state index in [1.54, 1.807) is 11.6 Å². The van der Waals surface area contributed by atoms with Gasteiger partial charge in [-0.1, -0.05) is 38.1 Å². The number of nitriles is 1. The van der Waals surface area contributed by atoms with E-state index in [0.29, 0.717) is 11.3 Å². The van der Waals surface area contributed by atoms with Crippen molar-refractivity contribution < 1.29 is 13.1 Å². The summed E-state index contributed by atoms with van der Waals surface area (Å²) in [7, 11) is 1.73. The van der Waals surface area contributed by atoms with E-state index >= 15 is 0 Å². The molecule has 0 unspecified atom stereocenters. The molecule has 27 heavy (non-hydrogen) atoms. The molecule has 3 heteroatoms. The Morgan fingerprint density at radius 2 is 1.93 bits per heavy atom. The van der Waals surface area contributed by atoms with Crippen LogP contribution >= 0.6 is 0 Å². The lowest BCUT2D eigenvalue weighted by Crippen LogP contribution is -2.33. The summed E-state index contributed by atoms with van der Waals surface area (Å²) in [5.74, 6) is -0.744. The molecule has 1 aliphatic rings. The maximum absolute atomic E-state index is 14.9. The summed E-state index contributed by atoms with van der Waals surface area (Å²) in [6, 6.07) is 13.3. The molecule has 0 saturated carbocycles. The maximum Gasteiger partial charge on any atom is 0.215 e. The zero-order chi connectivity index (χ0) is 22.0. The number of aromatic nitrogens is 1. The fourth-order valence-corrected chi connectivity index (χ4v) is 4.36. The van der Waals surface area contributed by atoms with Crippen molar-refractivity contribution in [3.63, 3.8) is 0 Å². The summed E-state index contributed by atoms with van der Waals surface area (Å²) in [4.78, 5) is 0. The fraction of sp³-hybridized carbons (Fsp3) is 0.250. The highest BCUT2D eigenvalue weighted by Crippen LogP contribution is 2.53. The van der Waals surface area contributed by atoms with E-state index in [1.165, 1.54) is 12.3 Å². The third-order valence-electron chi connectivity index (χ3n) is 5.65. The van der Waals surface area contributed by atoms with Gasteiger partial charge in [-0.05, 0) is 42.1 Å². The van der Waals surface area contributed by atoms with Crippen LogP contribution in [0.5, 0.6) is 0 Å². The van der Waals surface area contributed by atoms with Crippen molar-refractivity contribution in [3.05, 3.63) is 76.2 Å². The van der Waals surface area contributed by atoms with Crippen molar-refractivity contribution in [2.45, 2.75) is 33.0 Å². The Morgan fingerprint density at radius 1 is 1.15 bits per heavy atom. The molecule has 1 aromatic heterocycles. The largest absolute Gasteiger partial charge is 0.215 e. The Bertz CT molecular complexity index is 1250. The lowest BCUT2D eigenvalue weighted by molar-refractivity contribution is -0.661. The summed E-state index contributed by atoms with van der Waals surface area (Å²) in [5, 5.41) is 9.67. The number of hydrogen-bond donors (Lipinski definition) is 0. The molecule has 0 saturated heterocycles. The normalized spacial score (nSPS) is 15.9. The minimum Gasteiger partial charge on any atom is -0.206 e. The Labute approximate surface area is 163 Å². The molecule has 0 fully saturated rings. The molecule has 0 radical (unpaired) electrons. The van der Waals surface area contributed by atoms with Gasteiger partial charge < -0.3 is 0 Å². The van der Waals surface area contributed by atoms with Crippen molar-refractivity contribution in [3.8, 4) is 28.5 Å². The molecule has 2 nitrogen and oxygen atoms in total. The van der Waals surface area contributed by atoms with Crippen LogP contribution in [-0.4, -0.2) is 0 Å². The van der Waals surface area contributed by atoms with Crippen molar-refractivity contribution >= 4 is 0 Å². The maximum atomic E-state index is 14.9. The predicted octanol–water partition coefficient (Wildman–Crippen LogP) is 5.11. The van der Waals surface area contributed by atoms with Crippen LogP contribution in [0.25, 0.3) is 22.4 Å². The van der Waals surface area contributed by atoms with E-state index in [0.717, 1.165) is 33.4 Å². The third kappa shape index (κ3) is 2.33. The molecule has 0 aliphatic heterocycles. The topological polar surface area (TPSA) is 27.7 Å². The third-order valence-corrected chi connectivity index (χ3v) is 5.65. The van der Waals surface area contributed by atoms with E-state index in [4.69, 9.17) is 4.11 Å². The molecule has 0 spiro atoms. The van der Waals surface area contributed by atoms with Gasteiger partial charge in [-0.2, -0.15) is 5.26 Å². The van der Waals surface area contributed by atoms with E-state index in [-0.39, 0.29) is 5.56 Å². The summed E-state index contributed by atoms with van der Waals surface area (Å²) >= 11 is 0. The van der Waals surface area contributed by atoms with E-state index in [2.05, 4.69) is 19.9 Å². The smallest absolute Gasteiger partial charge is 0.206 e. The molecule has 1 heterocycles. The molecule has 134 valence electrons. The average molecular weight is 360 g/mol. The number of pyridine rings is 1. The molecular formula is C24H22FN2+. The second kappa shape index (κ2) is 5.76. The lowest BCUT2D eigenvalue weighted by atomic mass is 9.78. The molecule has 0 bridgehead atoms. The highest BCUT2D eigenvalue weighted by atomic mass is 19.1. The van der Waals surface area contributed by atoms with Crippen molar-refractivity contribution in [1.82, 2.24) is 0 Å². The first kappa shape index (κ1) is 14.1. The summed E-state index contributed by atoms with van der Waals surface area (Å²) in [6.45, 7) is 3.66. The first-order chi connectivity index (χ1) is 14.0. The second-order valence-corrected chi connectivity index (χ2v) is 7.68. The minimum atomic E-state index is -2.52. The van der Waals surface area contributed by atoms with Gasteiger partial charge in [0.25, 0.3) is 0 Å². The zero-order valence-electron chi connectivity index (χ0n) is 18.8. The minimum absolute atomic E-state index is 0.298. The molecule has 3 aromatic rings. The number of halogens is 1. The number of aryl methyl sites for hydroxylation is 3. The lowest BCUT2D eigenvalue weighted by Gasteiger charge is -2.24. The average Bonchev–Trinajstić information content (AvgIpc) is 2.90. The monoisotopic (exact) mass is 360 g/mol. The first-order valence-corrected chi connectivity index (χ1v) is 8.86. The van der Waals surface area contributed by atoms with Crippen LogP contribution < -0.4 is 4.57 Å². The SMILES string of the molecule is [2H]C([2H])([2H])c1c[n+](C)c(-c2c(C)ccc3c2C(C)(C)c2cccc(C#N)c2-3)cc1F. The van der Waals surface area contributed by atoms with Gasteiger partial charge in [0.1, 0.15) is 12.9 Å². The van der Waals surface area contributed by atoms with Crippen LogP contribution in [0, 0.1) is 30.9 Å². The standard InChI is InChI=1S/C24H22FN2/c1-14-9-10-17-22-16(12-26)7-6-8-18(22)24(3,4)23(17)21(14)20-11-19(25)15(2)13-27(20)5/h6-11,13H,1-5H3/q+1/i2D3. The van der Waals surface area contributed by atoms with Gasteiger partial charge in [0.05, 0.1) is 17.2 Å². The van der Waals surface area contributed by atoms with E-state index in [9.17, 15) is 9.65 Å². The van der Waals surface area contributed by atoms with Crippen LogP contribution in [0.2, 0.25) is 0 Å². The van der Waals surface area contributed by atoms with Gasteiger partial charge in [-0.25, -0.2) is 8.96 Å². The molecule has 0 N–H and O–H groups in total. The Balaban J connectivity index is 2.08. The second-order valence-electron chi connectivity index (χ2n) is 7.68. The summed E-state index contributed by atoms with van der Waals surface area (Å²) in [6.07, 6.45) is 1.35. The number of nitrogens with zero attached hydrogens (tertiary/aromatic N) is 2. The number of hydrogen-bond acceptors (Lipinski definition) is 1. The van der Waals surface area contributed by atoms with E-state index in [1.807, 2.05) is 37.3 Å². The quantitative estimate of drug-likeness (QED) is 0.554. The van der Waals surface area contributed by atoms with Gasteiger partial charge in [-0.15, -0.1) is 0 Å². The molecule has 1 aliphatic carbocycles. The highest BCUT2D eigenvalue weighted by Gasteiger charge is 2.40. The Morgan fingerprint density at radius 3 is 2.63 bits per heavy atom. The summed E-state index contributed by atoms with van der Waals surface area (Å²) in [5.41, 5.74) is 6.33. The highest BCUT2D eigenvalue weighted by molar-refractivity contribution is 5.90. The molecule has 4 rings (SSSR count). The molecule has 0 amide bonds. The van der Waals surface area contributed by atoms with Gasteiger partial charge in [-0.3, -0.25) is 0 Å². The zero-order valence-corrected chi connectivity index (χ0v) is 15.8. The van der Waals surface area contributed by atoms with Crippen LogP contribution in [-0.2, 0) is 12.5 Å². The fourth-order valence-electron chi connectivity index (χ4n) is 4.36. The van der Waals surface area contributed by atoms with Crippen molar-refractivity contribution in [1.29, 1.82) is 5.26 Å². The van der Waals surface area contributed by atoms with Gasteiger partial charge in [0.2, 0.25) is 5.69 Å². The Hall–Kier alpha value is -2.99. The van der Waals surface area contributed by atoms with Gasteiger partial charge in [0, 0.05) is 26.7 Å². The van der Waals surface area contributed by atoms with Gasteiger partial charge in [0.15, 0.2) is 6.20 Å². The van der Waals surface area contributed by atoms with Gasteiger partial charge >= 0.3 is 0 Å². The number of fused-ring (bicyclic) bond motifs is 3. The van der Waals surface area contributed by atoms with Crippen LogP contribution in [0.4, 0.5) is 4.39 Å². The predicted molar refractivity (Wildman–Crippen MR) is 105 cm³/mol. The first-order valence-electron chi connectivity index (χ1n) is 10.4. The molecular weight excluding hydrogens is 335 g/mol. The van der Waals surface area contributed by atoms with Crippen LogP contribution in [0.3, 0.4) is 0 Å². The van der Waals surface area contributed by atoms with Crippen LogP contribution in [0.15, 0.2) is 42.6 Å². The van der Waals surface area contributed by atoms with Crippen molar-refractivity contribution in [2.24, 2.45) is 7.05 Å². The Kier molecular flexibility index (Phi) is 3.01. The summed E-state index contributed by atoms with van der Waals surface area (Å²) < 4.78 is 39.3. The van der Waals surface area contributed by atoms with Crippen LogP contribution in [0.1, 0.15) is 45.8 Å².